The first kappa shape index (κ1) is 9.09. The summed E-state index contributed by atoms with van der Waals surface area (Å²) in [4.78, 5) is 0. The standard InChI is InChI=1S/C2H3F3O2S2/c1-9(6,7)8-2(3,4)5/h1H3. The van der Waals surface area contributed by atoms with Crippen molar-refractivity contribution in [3.8, 4) is 0 Å². The van der Waals surface area contributed by atoms with Crippen molar-refractivity contribution in [1.82, 2.24) is 0 Å². The average molecular weight is 180 g/mol. The van der Waals surface area contributed by atoms with Crippen LogP contribution in [0.1, 0.15) is 0 Å². The Morgan fingerprint density at radius 1 is 1.33 bits per heavy atom. The van der Waals surface area contributed by atoms with E-state index in [2.05, 4.69) is 0 Å². The summed E-state index contributed by atoms with van der Waals surface area (Å²) < 4.78 is 53.2. The Morgan fingerprint density at radius 3 is 1.67 bits per heavy atom. The van der Waals surface area contributed by atoms with Crippen LogP contribution in [0.5, 0.6) is 0 Å². The molecule has 0 aliphatic carbocycles. The largest absolute Gasteiger partial charge is 0.456 e. The van der Waals surface area contributed by atoms with E-state index in [1.807, 2.05) is 0 Å². The molecule has 9 heavy (non-hydrogen) atoms. The Labute approximate surface area is 53.7 Å². The first-order chi connectivity index (χ1) is 3.71. The molecule has 0 aromatic rings. The Kier molecular flexibility index (Phi) is 2.40. The van der Waals surface area contributed by atoms with Crippen molar-refractivity contribution in [1.29, 1.82) is 0 Å². The monoisotopic (exact) mass is 180 g/mol. The van der Waals surface area contributed by atoms with Gasteiger partial charge >= 0.3 is 5.51 Å². The summed E-state index contributed by atoms with van der Waals surface area (Å²) in [5, 5.41) is 0. The molecule has 0 atom stereocenters. The molecule has 0 amide bonds. The molecule has 0 rings (SSSR count). The highest BCUT2D eigenvalue weighted by atomic mass is 33.1. The van der Waals surface area contributed by atoms with E-state index in [0.29, 0.717) is 6.26 Å². The fourth-order valence-corrected chi connectivity index (χ4v) is 1.54. The summed E-state index contributed by atoms with van der Waals surface area (Å²) in [6.07, 6.45) is 0.505. The summed E-state index contributed by atoms with van der Waals surface area (Å²) >= 11 is 0. The summed E-state index contributed by atoms with van der Waals surface area (Å²) in [6.45, 7) is 0. The zero-order valence-electron chi connectivity index (χ0n) is 4.27. The molecule has 0 aliphatic rings. The van der Waals surface area contributed by atoms with Crippen LogP contribution in [0.2, 0.25) is 0 Å². The predicted octanol–water partition coefficient (Wildman–Crippen LogP) is 1.20. The molecule has 0 spiro atoms. The molecular weight excluding hydrogens is 177 g/mol. The van der Waals surface area contributed by atoms with Gasteiger partial charge in [-0.3, -0.25) is 0 Å². The van der Waals surface area contributed by atoms with Crippen molar-refractivity contribution >= 4 is 19.7 Å². The molecule has 0 heterocycles. The van der Waals surface area contributed by atoms with Gasteiger partial charge in [-0.1, -0.05) is 0 Å². The maximum Gasteiger partial charge on any atom is 0.456 e. The van der Waals surface area contributed by atoms with Gasteiger partial charge in [0, 0.05) is 6.26 Å². The summed E-state index contributed by atoms with van der Waals surface area (Å²) in [5.41, 5.74) is -4.69. The fourth-order valence-electron chi connectivity index (χ4n) is 0.172. The van der Waals surface area contributed by atoms with Crippen LogP contribution in [0, 0.1) is 0 Å². The third-order valence-corrected chi connectivity index (χ3v) is 2.21. The molecule has 0 saturated carbocycles. The highest BCUT2D eigenvalue weighted by molar-refractivity contribution is 8.72. The summed E-state index contributed by atoms with van der Waals surface area (Å²) in [6, 6.07) is 0. The van der Waals surface area contributed by atoms with Gasteiger partial charge in [0.15, 0.2) is 0 Å². The lowest BCUT2D eigenvalue weighted by molar-refractivity contribution is -0.0312. The molecule has 0 aromatic heterocycles. The molecule has 2 nitrogen and oxygen atoms in total. The maximum atomic E-state index is 11.1. The third kappa shape index (κ3) is 8.09. The number of hydrogen-bond acceptors (Lipinski definition) is 3. The van der Waals surface area contributed by atoms with Crippen LogP contribution in [0.25, 0.3) is 0 Å². The number of rotatable bonds is 1. The molecule has 0 aliphatic heterocycles. The number of halogens is 3. The smallest absolute Gasteiger partial charge is 0.217 e. The first-order valence-electron chi connectivity index (χ1n) is 1.68. The summed E-state index contributed by atoms with van der Waals surface area (Å²) in [7, 11) is -5.00. The third-order valence-electron chi connectivity index (χ3n) is 0.246. The van der Waals surface area contributed by atoms with Gasteiger partial charge in [-0.2, -0.15) is 13.2 Å². The lowest BCUT2D eigenvalue weighted by Gasteiger charge is -2.00. The van der Waals surface area contributed by atoms with E-state index in [0.717, 1.165) is 0 Å². The van der Waals surface area contributed by atoms with Crippen molar-refractivity contribution in [3.05, 3.63) is 0 Å². The Balaban J connectivity index is 4.07. The SMILES string of the molecule is CS(=O)(=O)SC(F)(F)F. The average Bonchev–Trinajstić information content (AvgIpc) is 1.14. The Hall–Kier alpha value is 0.0900. The van der Waals surface area contributed by atoms with Gasteiger partial charge in [-0.05, 0) is 0 Å². The van der Waals surface area contributed by atoms with Crippen LogP contribution in [-0.4, -0.2) is 20.2 Å². The zero-order chi connectivity index (χ0) is 7.71. The maximum absolute atomic E-state index is 11.1. The molecule has 0 radical (unpaired) electrons. The lowest BCUT2D eigenvalue weighted by Crippen LogP contribution is -2.04. The van der Waals surface area contributed by atoms with Crippen LogP contribution in [0.4, 0.5) is 13.2 Å². The topological polar surface area (TPSA) is 34.1 Å². The fraction of sp³-hybridized carbons (Fsp3) is 1.00. The normalized spacial score (nSPS) is 13.8. The van der Waals surface area contributed by atoms with Crippen molar-refractivity contribution in [2.75, 3.05) is 6.26 Å². The van der Waals surface area contributed by atoms with Crippen LogP contribution in [0.15, 0.2) is 0 Å². The van der Waals surface area contributed by atoms with Crippen molar-refractivity contribution in [3.63, 3.8) is 0 Å². The lowest BCUT2D eigenvalue weighted by atomic mass is 11.6. The highest BCUT2D eigenvalue weighted by Crippen LogP contribution is 2.33. The molecular formula is C2H3F3O2S2. The van der Waals surface area contributed by atoms with Crippen LogP contribution in [0.3, 0.4) is 0 Å². The van der Waals surface area contributed by atoms with Crippen molar-refractivity contribution in [2.45, 2.75) is 5.51 Å². The predicted molar refractivity (Wildman–Crippen MR) is 28.5 cm³/mol. The summed E-state index contributed by atoms with van der Waals surface area (Å²) in [5.74, 6) is 0. The van der Waals surface area contributed by atoms with Crippen LogP contribution < -0.4 is 0 Å². The molecule has 0 aromatic carbocycles. The van der Waals surface area contributed by atoms with Gasteiger partial charge in [0.05, 0.1) is 10.8 Å². The van der Waals surface area contributed by atoms with E-state index >= 15 is 0 Å². The second-order valence-electron chi connectivity index (χ2n) is 1.23. The van der Waals surface area contributed by atoms with Gasteiger partial charge in [0.25, 0.3) is 0 Å². The second kappa shape index (κ2) is 2.37. The molecule has 0 bridgehead atoms. The quantitative estimate of drug-likeness (QED) is 0.568. The molecule has 0 fully saturated rings. The van der Waals surface area contributed by atoms with Gasteiger partial charge in [0.1, 0.15) is 0 Å². The number of alkyl halides is 3. The molecule has 56 valence electrons. The minimum absolute atomic E-state index is 0.505. The molecule has 0 unspecified atom stereocenters. The highest BCUT2D eigenvalue weighted by Gasteiger charge is 2.34. The van der Waals surface area contributed by atoms with Gasteiger partial charge < -0.3 is 0 Å². The van der Waals surface area contributed by atoms with E-state index in [-0.39, 0.29) is 0 Å². The van der Waals surface area contributed by atoms with Crippen molar-refractivity contribution in [2.24, 2.45) is 0 Å². The van der Waals surface area contributed by atoms with Crippen molar-refractivity contribution < 1.29 is 21.6 Å². The van der Waals surface area contributed by atoms with Gasteiger partial charge in [0.2, 0.25) is 8.87 Å². The van der Waals surface area contributed by atoms with Gasteiger partial charge in [-0.15, -0.1) is 0 Å². The first-order valence-corrected chi connectivity index (χ1v) is 4.90. The Bertz CT molecular complexity index is 178. The minimum atomic E-state index is -4.69. The Morgan fingerprint density at radius 2 is 1.67 bits per heavy atom. The molecule has 0 N–H and O–H groups in total. The molecule has 7 heteroatoms. The van der Waals surface area contributed by atoms with E-state index in [1.165, 1.54) is 0 Å². The minimum Gasteiger partial charge on any atom is -0.217 e. The van der Waals surface area contributed by atoms with Gasteiger partial charge in [-0.25, -0.2) is 8.42 Å². The molecule has 0 saturated heterocycles. The second-order valence-corrected chi connectivity index (χ2v) is 5.59. The number of hydrogen-bond donors (Lipinski definition) is 0. The van der Waals surface area contributed by atoms with E-state index in [1.54, 1.807) is 0 Å². The zero-order valence-corrected chi connectivity index (χ0v) is 5.90. The van der Waals surface area contributed by atoms with E-state index in [4.69, 9.17) is 0 Å². The van der Waals surface area contributed by atoms with Crippen LogP contribution in [-0.2, 0) is 8.87 Å². The van der Waals surface area contributed by atoms with Crippen LogP contribution >= 0.6 is 10.8 Å². The van der Waals surface area contributed by atoms with E-state index in [9.17, 15) is 21.6 Å². The van der Waals surface area contributed by atoms with E-state index < -0.39 is 25.2 Å².